The molecule has 0 saturated carbocycles. The van der Waals surface area contributed by atoms with Gasteiger partial charge in [-0.05, 0) is 44.0 Å². The lowest BCUT2D eigenvalue weighted by Gasteiger charge is -2.20. The molecule has 1 aromatic carbocycles. The van der Waals surface area contributed by atoms with Crippen molar-refractivity contribution in [2.75, 3.05) is 25.5 Å². The number of carbonyl (C=O) groups is 1. The van der Waals surface area contributed by atoms with Crippen LogP contribution in [0, 0.1) is 10.1 Å². The van der Waals surface area contributed by atoms with Gasteiger partial charge in [0.15, 0.2) is 5.13 Å². The van der Waals surface area contributed by atoms with Crippen molar-refractivity contribution in [2.24, 2.45) is 0 Å². The highest BCUT2D eigenvalue weighted by Crippen LogP contribution is 2.32. The van der Waals surface area contributed by atoms with E-state index in [1.165, 1.54) is 36.6 Å². The Kier molecular flexibility index (Phi) is 5.25. The summed E-state index contributed by atoms with van der Waals surface area (Å²) in [5, 5.41) is 17.6. The zero-order chi connectivity index (χ0) is 17.8. The van der Waals surface area contributed by atoms with Crippen molar-refractivity contribution < 1.29 is 14.5 Å². The van der Waals surface area contributed by atoms with Crippen LogP contribution in [0.4, 0.5) is 10.8 Å². The number of methoxy groups -OCH3 is 1. The summed E-state index contributed by atoms with van der Waals surface area (Å²) in [5.41, 5.74) is -0.323. The Hall–Kier alpha value is -2.52. The molecule has 0 bridgehead atoms. The average molecular weight is 362 g/mol. The number of anilines is 1. The molecular weight excluding hydrogens is 344 g/mol. The highest BCUT2D eigenvalue weighted by Gasteiger charge is 2.23. The van der Waals surface area contributed by atoms with Gasteiger partial charge in [0.1, 0.15) is 11.3 Å². The summed E-state index contributed by atoms with van der Waals surface area (Å²) in [5.74, 6) is 0.248. The molecule has 0 atom stereocenters. The van der Waals surface area contributed by atoms with Crippen LogP contribution in [0.25, 0.3) is 0 Å². The fraction of sp³-hybridized carbons (Fsp3) is 0.375. The molecule has 0 aliphatic carbocycles. The largest absolute Gasteiger partial charge is 0.497 e. The van der Waals surface area contributed by atoms with E-state index in [0.29, 0.717) is 16.8 Å². The molecule has 1 saturated heterocycles. The summed E-state index contributed by atoms with van der Waals surface area (Å²) in [6.45, 7) is 1.94. The smallest absolute Gasteiger partial charge is 0.282 e. The van der Waals surface area contributed by atoms with Crippen LogP contribution in [0.2, 0.25) is 0 Å². The highest BCUT2D eigenvalue weighted by molar-refractivity contribution is 7.15. The maximum absolute atomic E-state index is 12.5. The number of hydrogen-bond acceptors (Lipinski definition) is 7. The number of carbonyl (C=O) groups excluding carboxylic acids is 1. The van der Waals surface area contributed by atoms with Gasteiger partial charge in [0, 0.05) is 17.1 Å². The van der Waals surface area contributed by atoms with Crippen molar-refractivity contribution in [2.45, 2.75) is 18.8 Å². The SMILES string of the molecule is COc1ccc([N+](=O)[O-])c(C(=O)Nc2ncc(C3CCNCC3)s2)c1. The minimum Gasteiger partial charge on any atom is -0.497 e. The quantitative estimate of drug-likeness (QED) is 0.626. The average Bonchev–Trinajstić information content (AvgIpc) is 3.10. The Bertz CT molecular complexity index is 786. The first-order chi connectivity index (χ1) is 12.1. The molecular formula is C16H18N4O4S. The van der Waals surface area contributed by atoms with E-state index < -0.39 is 10.8 Å². The first-order valence-corrected chi connectivity index (χ1v) is 8.70. The molecule has 1 fully saturated rings. The summed E-state index contributed by atoms with van der Waals surface area (Å²) in [7, 11) is 1.44. The van der Waals surface area contributed by atoms with Gasteiger partial charge in [0.2, 0.25) is 0 Å². The van der Waals surface area contributed by atoms with Gasteiger partial charge in [-0.1, -0.05) is 0 Å². The number of thiazole rings is 1. The van der Waals surface area contributed by atoms with E-state index in [-0.39, 0.29) is 11.3 Å². The van der Waals surface area contributed by atoms with Crippen LogP contribution in [0.15, 0.2) is 24.4 Å². The lowest BCUT2D eigenvalue weighted by Crippen LogP contribution is -2.26. The third kappa shape index (κ3) is 3.94. The van der Waals surface area contributed by atoms with Gasteiger partial charge < -0.3 is 10.1 Å². The predicted molar refractivity (Wildman–Crippen MR) is 94.6 cm³/mol. The maximum atomic E-state index is 12.5. The van der Waals surface area contributed by atoms with Gasteiger partial charge in [0.25, 0.3) is 11.6 Å². The summed E-state index contributed by atoms with van der Waals surface area (Å²) >= 11 is 1.41. The number of piperidine rings is 1. The third-order valence-corrected chi connectivity index (χ3v) is 5.21. The van der Waals surface area contributed by atoms with Crippen LogP contribution in [-0.4, -0.2) is 36.0 Å². The van der Waals surface area contributed by atoms with Crippen molar-refractivity contribution in [3.63, 3.8) is 0 Å². The van der Waals surface area contributed by atoms with E-state index in [0.717, 1.165) is 30.8 Å². The van der Waals surface area contributed by atoms with Crippen molar-refractivity contribution >= 4 is 28.1 Å². The zero-order valence-electron chi connectivity index (χ0n) is 13.7. The van der Waals surface area contributed by atoms with Crippen LogP contribution in [0.1, 0.15) is 34.0 Å². The summed E-state index contributed by atoms with van der Waals surface area (Å²) < 4.78 is 5.05. The second-order valence-electron chi connectivity index (χ2n) is 5.69. The van der Waals surface area contributed by atoms with E-state index in [4.69, 9.17) is 4.74 Å². The van der Waals surface area contributed by atoms with E-state index in [9.17, 15) is 14.9 Å². The summed E-state index contributed by atoms with van der Waals surface area (Å²) in [4.78, 5) is 28.4. The molecule has 9 heteroatoms. The Morgan fingerprint density at radius 1 is 1.44 bits per heavy atom. The number of amides is 1. The second-order valence-corrected chi connectivity index (χ2v) is 6.75. The van der Waals surface area contributed by atoms with Crippen molar-refractivity contribution in [1.82, 2.24) is 10.3 Å². The molecule has 25 heavy (non-hydrogen) atoms. The third-order valence-electron chi connectivity index (χ3n) is 4.13. The van der Waals surface area contributed by atoms with Gasteiger partial charge in [-0.25, -0.2) is 4.98 Å². The number of nitrogens with one attached hydrogen (secondary N) is 2. The molecule has 0 radical (unpaired) electrons. The molecule has 8 nitrogen and oxygen atoms in total. The molecule has 1 aliphatic heterocycles. The molecule has 1 amide bonds. The predicted octanol–water partition coefficient (Wildman–Crippen LogP) is 2.78. The highest BCUT2D eigenvalue weighted by atomic mass is 32.1. The van der Waals surface area contributed by atoms with Gasteiger partial charge in [-0.3, -0.25) is 20.2 Å². The number of nitrogens with zero attached hydrogens (tertiary/aromatic N) is 2. The Balaban J connectivity index is 1.78. The fourth-order valence-electron chi connectivity index (χ4n) is 2.79. The number of hydrogen-bond donors (Lipinski definition) is 2. The van der Waals surface area contributed by atoms with Gasteiger partial charge in [-0.2, -0.15) is 0 Å². The van der Waals surface area contributed by atoms with Gasteiger partial charge in [-0.15, -0.1) is 11.3 Å². The lowest BCUT2D eigenvalue weighted by molar-refractivity contribution is -0.385. The molecule has 0 unspecified atom stereocenters. The Labute approximate surface area is 148 Å². The number of rotatable bonds is 5. The molecule has 2 N–H and O–H groups in total. The lowest BCUT2D eigenvalue weighted by atomic mass is 9.97. The van der Waals surface area contributed by atoms with E-state index in [2.05, 4.69) is 15.6 Å². The molecule has 0 spiro atoms. The molecule has 1 aliphatic rings. The van der Waals surface area contributed by atoms with E-state index in [1.807, 2.05) is 0 Å². The number of ether oxygens (including phenoxy) is 1. The van der Waals surface area contributed by atoms with Crippen LogP contribution in [0.3, 0.4) is 0 Å². The van der Waals surface area contributed by atoms with Crippen LogP contribution >= 0.6 is 11.3 Å². The topological polar surface area (TPSA) is 106 Å². The Morgan fingerprint density at radius 3 is 2.88 bits per heavy atom. The summed E-state index contributed by atoms with van der Waals surface area (Å²) in [6, 6.07) is 4.07. The molecule has 3 rings (SSSR count). The van der Waals surface area contributed by atoms with Crippen molar-refractivity contribution in [3.05, 3.63) is 45.0 Å². The Morgan fingerprint density at radius 2 is 2.20 bits per heavy atom. The fourth-order valence-corrected chi connectivity index (χ4v) is 3.77. The first kappa shape index (κ1) is 17.3. The van der Waals surface area contributed by atoms with Crippen molar-refractivity contribution in [3.8, 4) is 5.75 Å². The summed E-state index contributed by atoms with van der Waals surface area (Å²) in [6.07, 6.45) is 3.85. The number of nitro benzene ring substituents is 1. The van der Waals surface area contributed by atoms with Crippen LogP contribution < -0.4 is 15.4 Å². The normalized spacial score (nSPS) is 14.9. The molecule has 2 heterocycles. The minimum absolute atomic E-state index is 0.0528. The number of nitro groups is 1. The van der Waals surface area contributed by atoms with E-state index in [1.54, 1.807) is 6.20 Å². The van der Waals surface area contributed by atoms with Gasteiger partial charge in [0.05, 0.1) is 12.0 Å². The van der Waals surface area contributed by atoms with Crippen LogP contribution in [0.5, 0.6) is 5.75 Å². The maximum Gasteiger partial charge on any atom is 0.282 e. The number of benzene rings is 1. The second kappa shape index (κ2) is 7.58. The van der Waals surface area contributed by atoms with E-state index >= 15 is 0 Å². The minimum atomic E-state index is -0.587. The molecule has 132 valence electrons. The zero-order valence-corrected chi connectivity index (χ0v) is 14.5. The number of aromatic nitrogens is 1. The van der Waals surface area contributed by atoms with Crippen molar-refractivity contribution in [1.29, 1.82) is 0 Å². The van der Waals surface area contributed by atoms with Gasteiger partial charge >= 0.3 is 0 Å². The molecule has 2 aromatic rings. The first-order valence-electron chi connectivity index (χ1n) is 7.88. The monoisotopic (exact) mass is 362 g/mol. The van der Waals surface area contributed by atoms with Crippen LogP contribution in [-0.2, 0) is 0 Å². The molecule has 1 aromatic heterocycles. The standard InChI is InChI=1S/C16H18N4O4S/c1-24-11-2-3-13(20(22)23)12(8-11)15(21)19-16-18-9-14(25-16)10-4-6-17-7-5-10/h2-3,8-10,17H,4-7H2,1H3,(H,18,19,21).